The van der Waals surface area contributed by atoms with E-state index in [1.165, 1.54) is 13.8 Å². The fourth-order valence-corrected chi connectivity index (χ4v) is 1.08. The van der Waals surface area contributed by atoms with Gasteiger partial charge in [-0.25, -0.2) is 4.79 Å². The summed E-state index contributed by atoms with van der Waals surface area (Å²) in [6, 6.07) is -0.458. The smallest absolute Gasteiger partial charge is 0.323 e. The Bertz CT molecular complexity index is 280. The van der Waals surface area contributed by atoms with Crippen LogP contribution in [-0.4, -0.2) is 35.2 Å². The second-order valence-electron chi connectivity index (χ2n) is 3.77. The van der Waals surface area contributed by atoms with E-state index in [-0.39, 0.29) is 0 Å². The van der Waals surface area contributed by atoms with E-state index >= 15 is 0 Å². The van der Waals surface area contributed by atoms with E-state index in [1.807, 2.05) is 0 Å². The first-order valence-electron chi connectivity index (χ1n) is 4.41. The zero-order valence-electron chi connectivity index (χ0n) is 8.50. The molecule has 0 spiro atoms. The lowest BCUT2D eigenvalue weighted by molar-refractivity contribution is -0.144. The predicted octanol–water partition coefficient (Wildman–Crippen LogP) is -2.13. The number of rotatable bonds is 3. The summed E-state index contributed by atoms with van der Waals surface area (Å²) in [6.07, 6.45) is -1.39. The van der Waals surface area contributed by atoms with Crippen molar-refractivity contribution in [2.75, 3.05) is 0 Å². The van der Waals surface area contributed by atoms with Gasteiger partial charge in [-0.3, -0.25) is 21.2 Å². The van der Waals surface area contributed by atoms with Gasteiger partial charge >= 0.3 is 12.0 Å². The quantitative estimate of drug-likeness (QED) is 0.320. The van der Waals surface area contributed by atoms with Crippen molar-refractivity contribution in [1.82, 2.24) is 21.3 Å². The molecule has 2 unspecified atom stereocenters. The fraction of sp³-hybridized carbons (Fsp3) is 0.714. The molecule has 7 N–H and O–H groups in total. The van der Waals surface area contributed by atoms with Crippen molar-refractivity contribution in [2.45, 2.75) is 32.0 Å². The van der Waals surface area contributed by atoms with E-state index < -0.39 is 30.1 Å². The van der Waals surface area contributed by atoms with Crippen molar-refractivity contribution >= 4 is 12.0 Å². The summed E-state index contributed by atoms with van der Waals surface area (Å²) >= 11 is 0. The van der Waals surface area contributed by atoms with Crippen LogP contribution >= 0.6 is 0 Å². The van der Waals surface area contributed by atoms with Crippen molar-refractivity contribution in [3.8, 4) is 0 Å². The van der Waals surface area contributed by atoms with Gasteiger partial charge in [0.25, 0.3) is 0 Å². The SMILES string of the molecule is CC(C)(NC1NC(=O)NC(N)N1)C(=O)O. The van der Waals surface area contributed by atoms with Crippen LogP contribution in [0.2, 0.25) is 0 Å². The third-order valence-corrected chi connectivity index (χ3v) is 1.95. The number of carbonyl (C=O) groups is 2. The van der Waals surface area contributed by atoms with E-state index in [0.29, 0.717) is 0 Å². The Hall–Kier alpha value is -1.38. The Morgan fingerprint density at radius 1 is 1.53 bits per heavy atom. The summed E-state index contributed by atoms with van der Waals surface area (Å²) < 4.78 is 0. The number of carbonyl (C=O) groups excluding carboxylic acids is 1. The number of carboxylic acid groups (broad SMARTS) is 1. The molecular formula is C7H15N5O3. The Morgan fingerprint density at radius 3 is 2.60 bits per heavy atom. The number of carboxylic acids is 1. The van der Waals surface area contributed by atoms with E-state index in [1.54, 1.807) is 0 Å². The molecule has 1 fully saturated rings. The molecule has 0 saturated carbocycles. The highest BCUT2D eigenvalue weighted by Crippen LogP contribution is 2.02. The van der Waals surface area contributed by atoms with Crippen molar-refractivity contribution in [2.24, 2.45) is 5.73 Å². The lowest BCUT2D eigenvalue weighted by atomic mass is 10.1. The maximum Gasteiger partial charge on any atom is 0.323 e. The van der Waals surface area contributed by atoms with Gasteiger partial charge in [0.15, 0.2) is 0 Å². The molecule has 15 heavy (non-hydrogen) atoms. The van der Waals surface area contributed by atoms with Crippen LogP contribution < -0.4 is 27.0 Å². The Morgan fingerprint density at radius 2 is 2.13 bits per heavy atom. The van der Waals surface area contributed by atoms with Gasteiger partial charge in [-0.15, -0.1) is 0 Å². The molecule has 0 aromatic rings. The van der Waals surface area contributed by atoms with Crippen LogP contribution in [0, 0.1) is 0 Å². The minimum atomic E-state index is -1.16. The fourth-order valence-electron chi connectivity index (χ4n) is 1.08. The molecule has 8 heteroatoms. The molecule has 0 aromatic heterocycles. The summed E-state index contributed by atoms with van der Waals surface area (Å²) in [6.45, 7) is 2.97. The summed E-state index contributed by atoms with van der Waals surface area (Å²) in [5.74, 6) is -1.02. The highest BCUT2D eigenvalue weighted by Gasteiger charge is 2.32. The minimum absolute atomic E-state index is 0.458. The number of hydrogen-bond acceptors (Lipinski definition) is 5. The van der Waals surface area contributed by atoms with Gasteiger partial charge in [0.1, 0.15) is 18.1 Å². The number of nitrogens with one attached hydrogen (secondary N) is 4. The molecule has 1 saturated heterocycles. The van der Waals surface area contributed by atoms with Crippen molar-refractivity contribution in [1.29, 1.82) is 0 Å². The predicted molar refractivity (Wildman–Crippen MR) is 51.4 cm³/mol. The van der Waals surface area contributed by atoms with Crippen LogP contribution in [0.5, 0.6) is 0 Å². The van der Waals surface area contributed by atoms with E-state index in [9.17, 15) is 9.59 Å². The molecule has 2 atom stereocenters. The first-order chi connectivity index (χ1) is 6.81. The van der Waals surface area contributed by atoms with E-state index in [2.05, 4.69) is 21.3 Å². The maximum atomic E-state index is 11.0. The van der Waals surface area contributed by atoms with Gasteiger partial charge in [-0.2, -0.15) is 0 Å². The maximum absolute atomic E-state index is 11.0. The summed E-state index contributed by atoms with van der Waals surface area (Å²) in [5, 5.41) is 19.1. The number of amides is 2. The molecule has 8 nitrogen and oxygen atoms in total. The zero-order chi connectivity index (χ0) is 11.6. The molecule has 86 valence electrons. The van der Waals surface area contributed by atoms with Gasteiger partial charge in [-0.05, 0) is 13.8 Å². The summed E-state index contributed by atoms with van der Waals surface area (Å²) in [5.41, 5.74) is 4.28. The molecule has 1 heterocycles. The molecular weight excluding hydrogens is 202 g/mol. The van der Waals surface area contributed by atoms with Crippen molar-refractivity contribution < 1.29 is 14.7 Å². The molecule has 1 rings (SSSR count). The highest BCUT2D eigenvalue weighted by atomic mass is 16.4. The second-order valence-corrected chi connectivity index (χ2v) is 3.77. The second kappa shape index (κ2) is 4.01. The number of urea groups is 1. The van der Waals surface area contributed by atoms with Gasteiger partial charge in [0.2, 0.25) is 0 Å². The van der Waals surface area contributed by atoms with Crippen LogP contribution in [0.15, 0.2) is 0 Å². The monoisotopic (exact) mass is 217 g/mol. The lowest BCUT2D eigenvalue weighted by Crippen LogP contribution is -2.74. The Kier molecular flexibility index (Phi) is 3.12. The number of hydrogen-bond donors (Lipinski definition) is 6. The van der Waals surface area contributed by atoms with Crippen LogP contribution in [-0.2, 0) is 4.79 Å². The average Bonchev–Trinajstić information content (AvgIpc) is 1.99. The first-order valence-corrected chi connectivity index (χ1v) is 4.41. The van der Waals surface area contributed by atoms with Crippen LogP contribution in [0.1, 0.15) is 13.8 Å². The third-order valence-electron chi connectivity index (χ3n) is 1.95. The van der Waals surface area contributed by atoms with Crippen LogP contribution in [0.4, 0.5) is 4.79 Å². The van der Waals surface area contributed by atoms with Gasteiger partial charge in [-0.1, -0.05) is 0 Å². The van der Waals surface area contributed by atoms with Crippen LogP contribution in [0.25, 0.3) is 0 Å². The highest BCUT2D eigenvalue weighted by molar-refractivity contribution is 5.78. The first kappa shape index (κ1) is 11.7. The van der Waals surface area contributed by atoms with Gasteiger partial charge in [0, 0.05) is 0 Å². The van der Waals surface area contributed by atoms with Crippen LogP contribution in [0.3, 0.4) is 0 Å². The van der Waals surface area contributed by atoms with E-state index in [4.69, 9.17) is 10.8 Å². The van der Waals surface area contributed by atoms with Crippen molar-refractivity contribution in [3.05, 3.63) is 0 Å². The lowest BCUT2D eigenvalue weighted by Gasteiger charge is -2.35. The molecule has 2 amide bonds. The zero-order valence-corrected chi connectivity index (χ0v) is 8.50. The Labute approximate surface area is 86.6 Å². The summed E-state index contributed by atoms with van der Waals surface area (Å²) in [4.78, 5) is 21.8. The molecule has 1 aliphatic rings. The molecule has 1 aliphatic heterocycles. The van der Waals surface area contributed by atoms with E-state index in [0.717, 1.165) is 0 Å². The molecule has 0 aliphatic carbocycles. The molecule has 0 bridgehead atoms. The molecule has 0 radical (unpaired) electrons. The largest absolute Gasteiger partial charge is 0.480 e. The normalized spacial score (nSPS) is 26.7. The minimum Gasteiger partial charge on any atom is -0.480 e. The number of aliphatic carboxylic acids is 1. The van der Waals surface area contributed by atoms with Crippen molar-refractivity contribution in [3.63, 3.8) is 0 Å². The standard InChI is InChI=1S/C7H15N5O3/c1-7(2,3(13)14)12-5-9-4(8)10-6(15)11-5/h4-5,9,12H,8H2,1-2H3,(H,13,14)(H2,10,11,15). The Balaban J connectivity index is 2.58. The summed E-state index contributed by atoms with van der Waals surface area (Å²) in [7, 11) is 0. The topological polar surface area (TPSA) is 129 Å². The molecule has 0 aromatic carbocycles. The van der Waals surface area contributed by atoms with Gasteiger partial charge in [0.05, 0.1) is 0 Å². The third kappa shape index (κ3) is 3.05. The number of nitrogens with two attached hydrogens (primary N) is 1. The van der Waals surface area contributed by atoms with Gasteiger partial charge < -0.3 is 15.7 Å². The average molecular weight is 217 g/mol.